The van der Waals surface area contributed by atoms with Crippen molar-refractivity contribution in [3.8, 4) is 0 Å². The minimum absolute atomic E-state index is 0.174. The van der Waals surface area contributed by atoms with Gasteiger partial charge in [-0.1, -0.05) is 6.07 Å². The Bertz CT molecular complexity index is 423. The highest BCUT2D eigenvalue weighted by molar-refractivity contribution is 5.92. The molecule has 1 aliphatic heterocycles. The first-order valence-corrected chi connectivity index (χ1v) is 6.11. The van der Waals surface area contributed by atoms with Crippen LogP contribution in [0.4, 0.5) is 4.39 Å². The van der Waals surface area contributed by atoms with Crippen molar-refractivity contribution in [1.29, 1.82) is 0 Å². The quantitative estimate of drug-likeness (QED) is 0.769. The fourth-order valence-corrected chi connectivity index (χ4v) is 2.31. The molecule has 5 heteroatoms. The molecule has 18 heavy (non-hydrogen) atoms. The van der Waals surface area contributed by atoms with Crippen molar-refractivity contribution in [3.63, 3.8) is 0 Å². The summed E-state index contributed by atoms with van der Waals surface area (Å²) in [4.78, 5) is 17.5. The first-order chi connectivity index (χ1) is 8.70. The second kappa shape index (κ2) is 5.91. The number of rotatable bonds is 3. The maximum absolute atomic E-state index is 13.0. The highest BCUT2D eigenvalue weighted by Crippen LogP contribution is 2.18. The number of amides is 1. The molecule has 0 aromatic carbocycles. The van der Waals surface area contributed by atoms with Crippen molar-refractivity contribution in [2.75, 3.05) is 26.8 Å². The molecule has 1 atom stereocenters. The van der Waals surface area contributed by atoms with E-state index in [1.807, 2.05) is 0 Å². The zero-order valence-corrected chi connectivity index (χ0v) is 10.4. The van der Waals surface area contributed by atoms with E-state index in [4.69, 9.17) is 4.74 Å². The van der Waals surface area contributed by atoms with Crippen LogP contribution in [-0.4, -0.2) is 42.6 Å². The summed E-state index contributed by atoms with van der Waals surface area (Å²) in [5.41, 5.74) is 0.174. The van der Waals surface area contributed by atoms with Crippen molar-refractivity contribution < 1.29 is 13.9 Å². The number of nitrogens with zero attached hydrogens (tertiary/aromatic N) is 2. The van der Waals surface area contributed by atoms with Crippen LogP contribution in [0.5, 0.6) is 0 Å². The van der Waals surface area contributed by atoms with E-state index in [9.17, 15) is 9.18 Å². The summed E-state index contributed by atoms with van der Waals surface area (Å²) in [7, 11) is 1.66. The largest absolute Gasteiger partial charge is 0.384 e. The van der Waals surface area contributed by atoms with E-state index in [0.29, 0.717) is 25.6 Å². The Balaban J connectivity index is 2.04. The summed E-state index contributed by atoms with van der Waals surface area (Å²) >= 11 is 0. The summed E-state index contributed by atoms with van der Waals surface area (Å²) in [5, 5.41) is 0. The molecule has 1 amide bonds. The number of carbonyl (C=O) groups excluding carboxylic acids is 1. The lowest BCUT2D eigenvalue weighted by Gasteiger charge is -2.32. The lowest BCUT2D eigenvalue weighted by molar-refractivity contribution is 0.0564. The highest BCUT2D eigenvalue weighted by Gasteiger charge is 2.25. The summed E-state index contributed by atoms with van der Waals surface area (Å²) < 4.78 is 18.1. The van der Waals surface area contributed by atoms with E-state index in [0.717, 1.165) is 12.8 Å². The Kier molecular flexibility index (Phi) is 4.25. The van der Waals surface area contributed by atoms with Gasteiger partial charge in [-0.15, -0.1) is 0 Å². The molecule has 0 spiro atoms. The SMILES string of the molecule is COCC1CCCN(C(=O)c2cccc(F)n2)C1. The summed E-state index contributed by atoms with van der Waals surface area (Å²) in [6.45, 7) is 2.02. The Hall–Kier alpha value is -1.49. The summed E-state index contributed by atoms with van der Waals surface area (Å²) in [5.74, 6) is -0.456. The predicted molar refractivity (Wildman–Crippen MR) is 64.7 cm³/mol. The third-order valence-corrected chi connectivity index (χ3v) is 3.14. The zero-order chi connectivity index (χ0) is 13.0. The molecule has 0 bridgehead atoms. The fraction of sp³-hybridized carbons (Fsp3) is 0.538. The van der Waals surface area contributed by atoms with Crippen LogP contribution in [0.25, 0.3) is 0 Å². The molecule has 2 rings (SSSR count). The van der Waals surface area contributed by atoms with Crippen LogP contribution >= 0.6 is 0 Å². The Morgan fingerprint density at radius 1 is 1.61 bits per heavy atom. The van der Waals surface area contributed by atoms with Gasteiger partial charge in [0.1, 0.15) is 5.69 Å². The summed E-state index contributed by atoms with van der Waals surface area (Å²) in [6, 6.07) is 4.29. The highest BCUT2D eigenvalue weighted by atomic mass is 19.1. The van der Waals surface area contributed by atoms with Crippen LogP contribution < -0.4 is 0 Å². The maximum atomic E-state index is 13.0. The van der Waals surface area contributed by atoms with Gasteiger partial charge in [0.25, 0.3) is 5.91 Å². The molecule has 1 saturated heterocycles. The lowest BCUT2D eigenvalue weighted by Crippen LogP contribution is -2.41. The number of ether oxygens (including phenoxy) is 1. The van der Waals surface area contributed by atoms with Gasteiger partial charge in [0.05, 0.1) is 6.61 Å². The molecule has 0 saturated carbocycles. The van der Waals surface area contributed by atoms with Gasteiger partial charge in [-0.05, 0) is 30.9 Å². The summed E-state index contributed by atoms with van der Waals surface area (Å²) in [6.07, 6.45) is 2.02. The van der Waals surface area contributed by atoms with Crippen LogP contribution in [0, 0.1) is 11.9 Å². The topological polar surface area (TPSA) is 42.4 Å². The molecular formula is C13H17FN2O2. The van der Waals surface area contributed by atoms with E-state index in [1.165, 1.54) is 12.1 Å². The van der Waals surface area contributed by atoms with Crippen molar-refractivity contribution in [1.82, 2.24) is 9.88 Å². The van der Waals surface area contributed by atoms with Crippen LogP contribution in [0.15, 0.2) is 18.2 Å². The fourth-order valence-electron chi connectivity index (χ4n) is 2.31. The lowest BCUT2D eigenvalue weighted by atomic mass is 9.98. The number of likely N-dealkylation sites (tertiary alicyclic amines) is 1. The average molecular weight is 252 g/mol. The van der Waals surface area contributed by atoms with E-state index < -0.39 is 5.95 Å². The molecule has 1 unspecified atom stereocenters. The Labute approximate surface area is 106 Å². The van der Waals surface area contributed by atoms with Crippen LogP contribution in [-0.2, 0) is 4.74 Å². The number of pyridine rings is 1. The molecule has 0 N–H and O–H groups in total. The number of aromatic nitrogens is 1. The smallest absolute Gasteiger partial charge is 0.272 e. The second-order valence-corrected chi connectivity index (χ2v) is 4.56. The molecule has 1 aromatic rings. The Morgan fingerprint density at radius 3 is 3.17 bits per heavy atom. The first kappa shape index (κ1) is 13.0. The molecule has 0 radical (unpaired) electrons. The Morgan fingerprint density at radius 2 is 2.44 bits per heavy atom. The predicted octanol–water partition coefficient (Wildman–Crippen LogP) is 1.72. The number of carbonyl (C=O) groups is 1. The third kappa shape index (κ3) is 3.04. The number of piperidine rings is 1. The first-order valence-electron chi connectivity index (χ1n) is 6.11. The molecule has 98 valence electrons. The molecule has 4 nitrogen and oxygen atoms in total. The molecular weight excluding hydrogens is 235 g/mol. The van der Waals surface area contributed by atoms with Gasteiger partial charge >= 0.3 is 0 Å². The monoisotopic (exact) mass is 252 g/mol. The van der Waals surface area contributed by atoms with E-state index in [1.54, 1.807) is 18.1 Å². The maximum Gasteiger partial charge on any atom is 0.272 e. The molecule has 0 aliphatic carbocycles. The van der Waals surface area contributed by atoms with Gasteiger partial charge in [0.2, 0.25) is 5.95 Å². The van der Waals surface area contributed by atoms with E-state index in [2.05, 4.69) is 4.98 Å². The van der Waals surface area contributed by atoms with Crippen molar-refractivity contribution in [3.05, 3.63) is 29.8 Å². The van der Waals surface area contributed by atoms with E-state index >= 15 is 0 Å². The minimum atomic E-state index is -0.619. The van der Waals surface area contributed by atoms with Crippen LogP contribution in [0.2, 0.25) is 0 Å². The van der Waals surface area contributed by atoms with Crippen molar-refractivity contribution in [2.24, 2.45) is 5.92 Å². The zero-order valence-electron chi connectivity index (χ0n) is 10.4. The van der Waals surface area contributed by atoms with Gasteiger partial charge in [0, 0.05) is 20.2 Å². The number of hydrogen-bond donors (Lipinski definition) is 0. The third-order valence-electron chi connectivity index (χ3n) is 3.14. The van der Waals surface area contributed by atoms with Crippen molar-refractivity contribution in [2.45, 2.75) is 12.8 Å². The minimum Gasteiger partial charge on any atom is -0.384 e. The van der Waals surface area contributed by atoms with Crippen LogP contribution in [0.3, 0.4) is 0 Å². The number of halogens is 1. The molecule has 1 aromatic heterocycles. The second-order valence-electron chi connectivity index (χ2n) is 4.56. The standard InChI is InChI=1S/C13H17FN2O2/c1-18-9-10-4-3-7-16(8-10)13(17)11-5-2-6-12(14)15-11/h2,5-6,10H,3-4,7-9H2,1H3. The number of hydrogen-bond acceptors (Lipinski definition) is 3. The van der Waals surface area contributed by atoms with E-state index in [-0.39, 0.29) is 11.6 Å². The van der Waals surface area contributed by atoms with Crippen LogP contribution in [0.1, 0.15) is 23.3 Å². The van der Waals surface area contributed by atoms with Gasteiger partial charge in [0.15, 0.2) is 0 Å². The average Bonchev–Trinajstić information content (AvgIpc) is 2.39. The van der Waals surface area contributed by atoms with Crippen molar-refractivity contribution >= 4 is 5.91 Å². The molecule has 1 fully saturated rings. The molecule has 1 aliphatic rings. The molecule has 2 heterocycles. The normalized spacial score (nSPS) is 19.9. The van der Waals surface area contributed by atoms with Gasteiger partial charge in [-0.3, -0.25) is 4.79 Å². The van der Waals surface area contributed by atoms with Gasteiger partial charge in [-0.2, -0.15) is 4.39 Å². The van der Waals surface area contributed by atoms with Gasteiger partial charge < -0.3 is 9.64 Å². The number of methoxy groups -OCH3 is 1. The van der Waals surface area contributed by atoms with Gasteiger partial charge in [-0.25, -0.2) is 4.98 Å².